The number of esters is 1. The van der Waals surface area contributed by atoms with E-state index >= 15 is 0 Å². The van der Waals surface area contributed by atoms with Crippen molar-refractivity contribution in [2.24, 2.45) is 5.73 Å². The number of β-lactam (4-membered cyclic amide) rings is 1. The van der Waals surface area contributed by atoms with Gasteiger partial charge in [-0.2, -0.15) is 0 Å². The maximum atomic E-state index is 12.7. The second-order valence-electron chi connectivity index (χ2n) is 7.30. The Hall–Kier alpha value is -2.06. The summed E-state index contributed by atoms with van der Waals surface area (Å²) in [6.45, 7) is 6.07. The molecule has 0 saturated carbocycles. The minimum atomic E-state index is -0.849. The molecule has 0 radical (unpaired) electrons. The van der Waals surface area contributed by atoms with Gasteiger partial charge in [0.25, 0.3) is 0 Å². The van der Waals surface area contributed by atoms with Crippen molar-refractivity contribution in [2.75, 3.05) is 6.61 Å². The lowest BCUT2D eigenvalue weighted by Gasteiger charge is -2.44. The van der Waals surface area contributed by atoms with Crippen LogP contribution < -0.4 is 11.1 Å². The highest BCUT2D eigenvalue weighted by atomic mass is 32.2. The van der Waals surface area contributed by atoms with E-state index in [1.165, 1.54) is 16.7 Å². The zero-order valence-electron chi connectivity index (χ0n) is 15.7. The molecule has 0 spiro atoms. The van der Waals surface area contributed by atoms with Crippen LogP contribution in [0.25, 0.3) is 0 Å². The Balaban J connectivity index is 1.68. The summed E-state index contributed by atoms with van der Waals surface area (Å²) in [5.41, 5.74) is 6.69. The van der Waals surface area contributed by atoms with Crippen LogP contribution in [0.5, 0.6) is 0 Å². The standard InChI is InChI=1S/C19H25N3O4S/c1-4-10-26-18(25)14-19(2,3)27-17-13(16(24)22(14)17)21-15(23)12(20)11-8-6-5-7-9-11/h5-9,12-14,17H,4,10,20H2,1-3H3,(H,21,23)/t12-,13-,14+,17-/m1/s1. The molecule has 0 unspecified atom stereocenters. The van der Waals surface area contributed by atoms with Crippen LogP contribution in [0.4, 0.5) is 0 Å². The number of hydrogen-bond donors (Lipinski definition) is 2. The molecule has 0 aromatic heterocycles. The lowest BCUT2D eigenvalue weighted by Crippen LogP contribution is -2.71. The van der Waals surface area contributed by atoms with Gasteiger partial charge in [-0.05, 0) is 25.8 Å². The fraction of sp³-hybridized carbons (Fsp3) is 0.526. The van der Waals surface area contributed by atoms with E-state index in [1.54, 1.807) is 24.3 Å². The molecular formula is C19H25N3O4S. The van der Waals surface area contributed by atoms with E-state index in [4.69, 9.17) is 10.5 Å². The van der Waals surface area contributed by atoms with Crippen LogP contribution in [0.2, 0.25) is 0 Å². The Morgan fingerprint density at radius 1 is 1.33 bits per heavy atom. The van der Waals surface area contributed by atoms with Crippen molar-refractivity contribution >= 4 is 29.5 Å². The van der Waals surface area contributed by atoms with E-state index < -0.39 is 34.7 Å². The van der Waals surface area contributed by atoms with Gasteiger partial charge in [-0.15, -0.1) is 11.8 Å². The summed E-state index contributed by atoms with van der Waals surface area (Å²) in [5, 5.41) is 2.46. The summed E-state index contributed by atoms with van der Waals surface area (Å²) in [6.07, 6.45) is 0.722. The Bertz CT molecular complexity index is 740. The lowest BCUT2D eigenvalue weighted by atomic mass is 9.95. The SMILES string of the molecule is CCCOC(=O)[C@@H]1N2C(=O)[C@@H](NC(=O)[C@H](N)c3ccccc3)[C@H]2SC1(C)C. The number of nitrogens with zero attached hydrogens (tertiary/aromatic N) is 1. The molecule has 0 aliphatic carbocycles. The number of thioether (sulfide) groups is 1. The van der Waals surface area contributed by atoms with Gasteiger partial charge in [-0.3, -0.25) is 9.59 Å². The summed E-state index contributed by atoms with van der Waals surface area (Å²) in [4.78, 5) is 39.1. The Kier molecular flexibility index (Phi) is 5.48. The first-order chi connectivity index (χ1) is 12.8. The molecule has 3 rings (SSSR count). The normalized spacial score (nSPS) is 26.7. The van der Waals surface area contributed by atoms with E-state index in [-0.39, 0.29) is 11.3 Å². The second kappa shape index (κ2) is 7.52. The predicted molar refractivity (Wildman–Crippen MR) is 103 cm³/mol. The van der Waals surface area contributed by atoms with Gasteiger partial charge in [0.2, 0.25) is 11.8 Å². The highest BCUT2D eigenvalue weighted by Crippen LogP contribution is 2.51. The highest BCUT2D eigenvalue weighted by molar-refractivity contribution is 8.01. The van der Waals surface area contributed by atoms with Crippen LogP contribution in [0, 0.1) is 0 Å². The molecule has 2 amide bonds. The van der Waals surface area contributed by atoms with Crippen LogP contribution in [-0.2, 0) is 19.1 Å². The van der Waals surface area contributed by atoms with Crippen molar-refractivity contribution in [3.05, 3.63) is 35.9 Å². The lowest BCUT2D eigenvalue weighted by molar-refractivity contribution is -0.164. The molecule has 27 heavy (non-hydrogen) atoms. The quantitative estimate of drug-likeness (QED) is 0.558. The van der Waals surface area contributed by atoms with Crippen LogP contribution >= 0.6 is 11.8 Å². The number of nitrogens with two attached hydrogens (primary N) is 1. The van der Waals surface area contributed by atoms with E-state index in [0.29, 0.717) is 12.2 Å². The second-order valence-corrected chi connectivity index (χ2v) is 9.07. The van der Waals surface area contributed by atoms with Gasteiger partial charge in [0.05, 0.1) is 6.61 Å². The summed E-state index contributed by atoms with van der Waals surface area (Å²) in [7, 11) is 0. The molecule has 2 heterocycles. The number of ether oxygens (including phenoxy) is 1. The smallest absolute Gasteiger partial charge is 0.330 e. The van der Waals surface area contributed by atoms with Crippen LogP contribution in [-0.4, -0.2) is 51.5 Å². The molecule has 8 heteroatoms. The molecule has 4 atom stereocenters. The first-order valence-corrected chi connectivity index (χ1v) is 9.93. The summed E-state index contributed by atoms with van der Waals surface area (Å²) < 4.78 is 4.78. The molecule has 146 valence electrons. The largest absolute Gasteiger partial charge is 0.464 e. The molecule has 2 saturated heterocycles. The third-order valence-corrected chi connectivity index (χ3v) is 6.42. The number of rotatable bonds is 6. The van der Waals surface area contributed by atoms with Crippen molar-refractivity contribution in [3.63, 3.8) is 0 Å². The maximum Gasteiger partial charge on any atom is 0.330 e. The van der Waals surface area contributed by atoms with Gasteiger partial charge in [-0.25, -0.2) is 4.79 Å². The van der Waals surface area contributed by atoms with E-state index in [1.807, 2.05) is 26.8 Å². The number of carbonyl (C=O) groups is 3. The molecule has 1 aromatic rings. The maximum absolute atomic E-state index is 12.7. The molecule has 0 bridgehead atoms. The minimum Gasteiger partial charge on any atom is -0.464 e. The number of benzene rings is 1. The molecule has 7 nitrogen and oxygen atoms in total. The third kappa shape index (κ3) is 3.55. The summed E-state index contributed by atoms with van der Waals surface area (Å²) >= 11 is 1.50. The Morgan fingerprint density at radius 2 is 2.00 bits per heavy atom. The van der Waals surface area contributed by atoms with Gasteiger partial charge in [-0.1, -0.05) is 37.3 Å². The van der Waals surface area contributed by atoms with Gasteiger partial charge in [0, 0.05) is 4.75 Å². The average molecular weight is 391 g/mol. The van der Waals surface area contributed by atoms with Crippen molar-refractivity contribution in [1.82, 2.24) is 10.2 Å². The average Bonchev–Trinajstić information content (AvgIpc) is 2.92. The Labute approximate surface area is 163 Å². The molecule has 2 aliphatic heterocycles. The van der Waals surface area contributed by atoms with Crippen molar-refractivity contribution in [2.45, 2.75) is 55.4 Å². The zero-order chi connectivity index (χ0) is 19.8. The Morgan fingerprint density at radius 3 is 2.63 bits per heavy atom. The van der Waals surface area contributed by atoms with Crippen LogP contribution in [0.1, 0.15) is 38.8 Å². The van der Waals surface area contributed by atoms with Gasteiger partial charge < -0.3 is 20.7 Å². The fourth-order valence-electron chi connectivity index (χ4n) is 3.46. The fourth-order valence-corrected chi connectivity index (χ4v) is 5.08. The van der Waals surface area contributed by atoms with E-state index in [2.05, 4.69) is 5.32 Å². The minimum absolute atomic E-state index is 0.273. The van der Waals surface area contributed by atoms with Crippen molar-refractivity contribution in [3.8, 4) is 0 Å². The topological polar surface area (TPSA) is 102 Å². The van der Waals surface area contributed by atoms with E-state index in [0.717, 1.165) is 6.42 Å². The number of nitrogens with one attached hydrogen (secondary N) is 1. The summed E-state index contributed by atoms with van der Waals surface area (Å²) in [5.74, 6) is -1.07. The number of fused-ring (bicyclic) bond motifs is 1. The third-order valence-electron chi connectivity index (χ3n) is 4.85. The molecule has 3 N–H and O–H groups in total. The number of hydrogen-bond acceptors (Lipinski definition) is 6. The highest BCUT2D eigenvalue weighted by Gasteiger charge is 2.64. The van der Waals surface area contributed by atoms with E-state index in [9.17, 15) is 14.4 Å². The van der Waals surface area contributed by atoms with Crippen molar-refractivity contribution in [1.29, 1.82) is 0 Å². The summed E-state index contributed by atoms with van der Waals surface area (Å²) in [6, 6.07) is 6.82. The molecule has 1 aromatic carbocycles. The monoisotopic (exact) mass is 391 g/mol. The first kappa shape index (κ1) is 19.7. The van der Waals surface area contributed by atoms with Crippen LogP contribution in [0.3, 0.4) is 0 Å². The van der Waals surface area contributed by atoms with Gasteiger partial charge >= 0.3 is 5.97 Å². The van der Waals surface area contributed by atoms with Gasteiger partial charge in [0.15, 0.2) is 0 Å². The number of amides is 2. The molecule has 2 aliphatic rings. The van der Waals surface area contributed by atoms with Crippen LogP contribution in [0.15, 0.2) is 30.3 Å². The molecule has 2 fully saturated rings. The molecular weight excluding hydrogens is 366 g/mol. The number of carbonyl (C=O) groups excluding carboxylic acids is 3. The predicted octanol–water partition coefficient (Wildman–Crippen LogP) is 1.19. The van der Waals surface area contributed by atoms with Crippen molar-refractivity contribution < 1.29 is 19.1 Å². The first-order valence-electron chi connectivity index (χ1n) is 9.05. The van der Waals surface area contributed by atoms with Gasteiger partial charge in [0.1, 0.15) is 23.5 Å². The zero-order valence-corrected chi connectivity index (χ0v) is 16.5.